The monoisotopic (exact) mass is 344 g/mol. The second-order valence-electron chi connectivity index (χ2n) is 6.10. The minimum absolute atomic E-state index is 0.0330. The SMILES string of the molecule is CC(C)Oc1ccc(NC(=O)CN(C)C(=O)C(C)n2cccn2)cc1. The van der Waals surface area contributed by atoms with E-state index in [-0.39, 0.29) is 24.5 Å². The summed E-state index contributed by atoms with van der Waals surface area (Å²) < 4.78 is 7.12. The van der Waals surface area contributed by atoms with Crippen LogP contribution < -0.4 is 10.1 Å². The number of aromatic nitrogens is 2. The van der Waals surface area contributed by atoms with Crippen LogP contribution in [0.2, 0.25) is 0 Å². The van der Waals surface area contributed by atoms with Gasteiger partial charge in [-0.05, 0) is 51.1 Å². The van der Waals surface area contributed by atoms with Crippen molar-refractivity contribution in [1.82, 2.24) is 14.7 Å². The summed E-state index contributed by atoms with van der Waals surface area (Å²) in [4.78, 5) is 25.9. The van der Waals surface area contributed by atoms with E-state index in [0.29, 0.717) is 5.69 Å². The number of ether oxygens (including phenoxy) is 1. The first-order valence-electron chi connectivity index (χ1n) is 8.17. The zero-order chi connectivity index (χ0) is 18.4. The smallest absolute Gasteiger partial charge is 0.247 e. The number of hydrogen-bond acceptors (Lipinski definition) is 4. The maximum absolute atomic E-state index is 12.3. The van der Waals surface area contributed by atoms with Gasteiger partial charge in [0, 0.05) is 25.1 Å². The van der Waals surface area contributed by atoms with Gasteiger partial charge in [-0.3, -0.25) is 14.3 Å². The molecule has 0 aliphatic heterocycles. The fraction of sp³-hybridized carbons (Fsp3) is 0.389. The standard InChI is InChI=1S/C18H24N4O3/c1-13(2)25-16-8-6-15(7-9-16)20-17(23)12-21(4)18(24)14(3)22-11-5-10-19-22/h5-11,13-14H,12H2,1-4H3,(H,20,23). The molecule has 134 valence electrons. The summed E-state index contributed by atoms with van der Waals surface area (Å²) in [6, 6.07) is 8.42. The Labute approximate surface area is 147 Å². The summed E-state index contributed by atoms with van der Waals surface area (Å²) >= 11 is 0. The first-order valence-corrected chi connectivity index (χ1v) is 8.17. The van der Waals surface area contributed by atoms with Crippen LogP contribution in [0.1, 0.15) is 26.8 Å². The third-order valence-electron chi connectivity index (χ3n) is 3.55. The number of carbonyl (C=O) groups excluding carboxylic acids is 2. The van der Waals surface area contributed by atoms with Gasteiger partial charge in [0.1, 0.15) is 11.8 Å². The molecule has 1 N–H and O–H groups in total. The Balaban J connectivity index is 1.87. The van der Waals surface area contributed by atoms with Crippen LogP contribution in [0.15, 0.2) is 42.7 Å². The molecule has 7 heteroatoms. The second-order valence-corrected chi connectivity index (χ2v) is 6.10. The van der Waals surface area contributed by atoms with Crippen molar-refractivity contribution in [3.05, 3.63) is 42.7 Å². The van der Waals surface area contributed by atoms with Crippen molar-refractivity contribution in [1.29, 1.82) is 0 Å². The van der Waals surface area contributed by atoms with Crippen LogP contribution in [0.25, 0.3) is 0 Å². The van der Waals surface area contributed by atoms with Crippen molar-refractivity contribution in [3.8, 4) is 5.75 Å². The number of rotatable bonds is 7. The summed E-state index contributed by atoms with van der Waals surface area (Å²) in [5.41, 5.74) is 0.655. The molecule has 0 saturated heterocycles. The van der Waals surface area contributed by atoms with E-state index in [1.165, 1.54) is 4.90 Å². The van der Waals surface area contributed by atoms with Crippen LogP contribution >= 0.6 is 0 Å². The Bertz CT molecular complexity index is 696. The number of anilines is 1. The van der Waals surface area contributed by atoms with Gasteiger partial charge in [0.25, 0.3) is 0 Å². The minimum Gasteiger partial charge on any atom is -0.491 e. The summed E-state index contributed by atoms with van der Waals surface area (Å²) in [6.45, 7) is 5.62. The molecule has 1 aromatic carbocycles. The molecule has 1 atom stereocenters. The highest BCUT2D eigenvalue weighted by Crippen LogP contribution is 2.17. The number of benzene rings is 1. The lowest BCUT2D eigenvalue weighted by Gasteiger charge is -2.21. The topological polar surface area (TPSA) is 76.5 Å². The van der Waals surface area contributed by atoms with E-state index in [0.717, 1.165) is 5.75 Å². The normalized spacial score (nSPS) is 11.9. The zero-order valence-corrected chi connectivity index (χ0v) is 15.0. The van der Waals surface area contributed by atoms with Gasteiger partial charge in [0.15, 0.2) is 0 Å². The molecule has 0 aliphatic rings. The molecule has 0 radical (unpaired) electrons. The van der Waals surface area contributed by atoms with Crippen molar-refractivity contribution in [2.75, 3.05) is 18.9 Å². The molecule has 1 unspecified atom stereocenters. The number of amides is 2. The van der Waals surface area contributed by atoms with E-state index < -0.39 is 6.04 Å². The van der Waals surface area contributed by atoms with E-state index >= 15 is 0 Å². The lowest BCUT2D eigenvalue weighted by molar-refractivity contribution is -0.136. The van der Waals surface area contributed by atoms with Crippen LogP contribution in [0.5, 0.6) is 5.75 Å². The van der Waals surface area contributed by atoms with Gasteiger partial charge in [-0.2, -0.15) is 5.10 Å². The molecule has 0 aliphatic carbocycles. The van der Waals surface area contributed by atoms with E-state index in [9.17, 15) is 9.59 Å². The molecule has 1 heterocycles. The summed E-state index contributed by atoms with van der Waals surface area (Å²) in [5, 5.41) is 6.82. The Morgan fingerprint density at radius 1 is 1.24 bits per heavy atom. The van der Waals surface area contributed by atoms with Crippen LogP contribution in [0.4, 0.5) is 5.69 Å². The first-order chi connectivity index (χ1) is 11.9. The maximum atomic E-state index is 12.3. The van der Waals surface area contributed by atoms with E-state index in [2.05, 4.69) is 10.4 Å². The van der Waals surface area contributed by atoms with Gasteiger partial charge < -0.3 is 15.0 Å². The molecule has 25 heavy (non-hydrogen) atoms. The predicted molar refractivity (Wildman–Crippen MR) is 95.4 cm³/mol. The van der Waals surface area contributed by atoms with Gasteiger partial charge in [0.05, 0.1) is 12.6 Å². The quantitative estimate of drug-likeness (QED) is 0.836. The molecule has 0 bridgehead atoms. The Hall–Kier alpha value is -2.83. The van der Waals surface area contributed by atoms with Gasteiger partial charge in [0.2, 0.25) is 11.8 Å². The molecule has 7 nitrogen and oxygen atoms in total. The van der Waals surface area contributed by atoms with Crippen LogP contribution in [0.3, 0.4) is 0 Å². The number of likely N-dealkylation sites (N-methyl/N-ethyl adjacent to an activating group) is 1. The van der Waals surface area contributed by atoms with Crippen molar-refractivity contribution in [2.45, 2.75) is 32.9 Å². The summed E-state index contributed by atoms with van der Waals surface area (Å²) in [6.07, 6.45) is 3.43. The van der Waals surface area contributed by atoms with E-state index in [4.69, 9.17) is 4.74 Å². The largest absolute Gasteiger partial charge is 0.491 e. The Morgan fingerprint density at radius 3 is 2.48 bits per heavy atom. The van der Waals surface area contributed by atoms with Crippen molar-refractivity contribution in [2.24, 2.45) is 0 Å². The number of carbonyl (C=O) groups is 2. The number of nitrogens with one attached hydrogen (secondary N) is 1. The highest BCUT2D eigenvalue weighted by molar-refractivity contribution is 5.94. The molecule has 0 spiro atoms. The molecule has 0 saturated carbocycles. The van der Waals surface area contributed by atoms with Gasteiger partial charge >= 0.3 is 0 Å². The van der Waals surface area contributed by atoms with Crippen molar-refractivity contribution >= 4 is 17.5 Å². The van der Waals surface area contributed by atoms with Crippen LogP contribution in [-0.4, -0.2) is 46.2 Å². The predicted octanol–water partition coefficient (Wildman–Crippen LogP) is 2.33. The molecular formula is C18H24N4O3. The Kier molecular flexibility index (Phi) is 6.16. The van der Waals surface area contributed by atoms with Crippen LogP contribution in [0, 0.1) is 0 Å². The Morgan fingerprint density at radius 2 is 1.92 bits per heavy atom. The van der Waals surface area contributed by atoms with Crippen molar-refractivity contribution in [3.63, 3.8) is 0 Å². The van der Waals surface area contributed by atoms with E-state index in [1.54, 1.807) is 61.4 Å². The number of nitrogens with zero attached hydrogens (tertiary/aromatic N) is 3. The molecule has 2 amide bonds. The first kappa shape index (κ1) is 18.5. The van der Waals surface area contributed by atoms with Gasteiger partial charge in [-0.15, -0.1) is 0 Å². The third-order valence-corrected chi connectivity index (χ3v) is 3.55. The second kappa shape index (κ2) is 8.32. The molecule has 2 rings (SSSR count). The highest BCUT2D eigenvalue weighted by atomic mass is 16.5. The van der Waals surface area contributed by atoms with Gasteiger partial charge in [-0.25, -0.2) is 0 Å². The average Bonchev–Trinajstić information content (AvgIpc) is 3.09. The fourth-order valence-electron chi connectivity index (χ4n) is 2.32. The maximum Gasteiger partial charge on any atom is 0.247 e. The average molecular weight is 344 g/mol. The lowest BCUT2D eigenvalue weighted by Crippen LogP contribution is -2.38. The molecular weight excluding hydrogens is 320 g/mol. The summed E-state index contributed by atoms with van der Waals surface area (Å²) in [7, 11) is 1.60. The molecule has 0 fully saturated rings. The fourth-order valence-corrected chi connectivity index (χ4v) is 2.32. The van der Waals surface area contributed by atoms with E-state index in [1.807, 2.05) is 13.8 Å². The highest BCUT2D eigenvalue weighted by Gasteiger charge is 2.21. The number of hydrogen-bond donors (Lipinski definition) is 1. The minimum atomic E-state index is -0.458. The van der Waals surface area contributed by atoms with Crippen molar-refractivity contribution < 1.29 is 14.3 Å². The van der Waals surface area contributed by atoms with Gasteiger partial charge in [-0.1, -0.05) is 0 Å². The molecule has 1 aromatic heterocycles. The van der Waals surface area contributed by atoms with Crippen LogP contribution in [-0.2, 0) is 9.59 Å². The molecule has 2 aromatic rings. The third kappa shape index (κ3) is 5.34. The summed E-state index contributed by atoms with van der Waals surface area (Å²) in [5.74, 6) is 0.300. The lowest BCUT2D eigenvalue weighted by atomic mass is 10.2. The zero-order valence-electron chi connectivity index (χ0n) is 15.0.